The predicted octanol–water partition coefficient (Wildman–Crippen LogP) is 3.88. The quantitative estimate of drug-likeness (QED) is 0.492. The van der Waals surface area contributed by atoms with Crippen molar-refractivity contribution in [3.8, 4) is 9.88 Å². The van der Waals surface area contributed by atoms with E-state index >= 15 is 0 Å². The number of thiazole rings is 1. The maximum atomic E-state index is 12.6. The molecule has 0 spiro atoms. The number of nitrogens with one attached hydrogen (secondary N) is 1. The van der Waals surface area contributed by atoms with Gasteiger partial charge in [-0.25, -0.2) is 18.1 Å². The highest BCUT2D eigenvalue weighted by Gasteiger charge is 2.21. The molecule has 0 unspecified atom stereocenters. The number of aryl methyl sites for hydroxylation is 2. The van der Waals surface area contributed by atoms with Crippen molar-refractivity contribution in [2.75, 3.05) is 0 Å². The number of sulfonamides is 1. The molecule has 0 saturated heterocycles. The zero-order valence-electron chi connectivity index (χ0n) is 13.9. The Balaban J connectivity index is 1.83. The van der Waals surface area contributed by atoms with Gasteiger partial charge in [-0.3, -0.25) is 10.1 Å². The standard InChI is InChI=1S/C16H15N3O4S3/c1-10-5-6-12(19(20)21)8-15(10)26(22,23)17-9-14-11(2)18-16(25-14)13-4-3-7-24-13/h3-8,17H,9H2,1-2H3. The van der Waals surface area contributed by atoms with Crippen molar-refractivity contribution in [2.24, 2.45) is 0 Å². The van der Waals surface area contributed by atoms with Crippen LogP contribution in [0.4, 0.5) is 5.69 Å². The third-order valence-electron chi connectivity index (χ3n) is 3.72. The summed E-state index contributed by atoms with van der Waals surface area (Å²) in [6, 6.07) is 7.69. The van der Waals surface area contributed by atoms with Crippen LogP contribution < -0.4 is 4.72 Å². The molecule has 26 heavy (non-hydrogen) atoms. The zero-order chi connectivity index (χ0) is 18.9. The molecule has 0 fully saturated rings. The minimum absolute atomic E-state index is 0.0827. The van der Waals surface area contributed by atoms with Crippen LogP contribution in [0.3, 0.4) is 0 Å². The monoisotopic (exact) mass is 409 g/mol. The van der Waals surface area contributed by atoms with Crippen molar-refractivity contribution in [2.45, 2.75) is 25.3 Å². The molecule has 136 valence electrons. The highest BCUT2D eigenvalue weighted by Crippen LogP contribution is 2.31. The highest BCUT2D eigenvalue weighted by molar-refractivity contribution is 7.89. The van der Waals surface area contributed by atoms with Crippen LogP contribution in [0, 0.1) is 24.0 Å². The van der Waals surface area contributed by atoms with Crippen molar-refractivity contribution in [1.82, 2.24) is 9.71 Å². The Morgan fingerprint density at radius 3 is 2.69 bits per heavy atom. The first-order valence-corrected chi connectivity index (χ1v) is 10.7. The molecule has 2 aromatic heterocycles. The van der Waals surface area contributed by atoms with Crippen molar-refractivity contribution < 1.29 is 13.3 Å². The van der Waals surface area contributed by atoms with Crippen molar-refractivity contribution in [1.29, 1.82) is 0 Å². The van der Waals surface area contributed by atoms with Gasteiger partial charge in [-0.1, -0.05) is 12.1 Å². The molecule has 0 aliphatic heterocycles. The van der Waals surface area contributed by atoms with Gasteiger partial charge in [-0.2, -0.15) is 0 Å². The maximum Gasteiger partial charge on any atom is 0.270 e. The molecule has 0 aliphatic rings. The molecule has 2 heterocycles. The zero-order valence-corrected chi connectivity index (χ0v) is 16.4. The van der Waals surface area contributed by atoms with Crippen LogP contribution in [0.5, 0.6) is 0 Å². The first kappa shape index (κ1) is 18.6. The Hall–Kier alpha value is -2.14. The SMILES string of the molecule is Cc1ccc([N+](=O)[O-])cc1S(=O)(=O)NCc1sc(-c2cccs2)nc1C. The molecule has 1 aromatic carbocycles. The average Bonchev–Trinajstić information content (AvgIpc) is 3.22. The van der Waals surface area contributed by atoms with Gasteiger partial charge in [-0.15, -0.1) is 22.7 Å². The summed E-state index contributed by atoms with van der Waals surface area (Å²) >= 11 is 3.00. The predicted molar refractivity (Wildman–Crippen MR) is 102 cm³/mol. The van der Waals surface area contributed by atoms with Crippen molar-refractivity contribution in [3.05, 3.63) is 62.0 Å². The fraction of sp³-hybridized carbons (Fsp3) is 0.188. The number of thiophene rings is 1. The summed E-state index contributed by atoms with van der Waals surface area (Å²) < 4.78 is 27.7. The highest BCUT2D eigenvalue weighted by atomic mass is 32.2. The Morgan fingerprint density at radius 1 is 1.27 bits per heavy atom. The van der Waals surface area contributed by atoms with Gasteiger partial charge in [0, 0.05) is 23.6 Å². The lowest BCUT2D eigenvalue weighted by atomic mass is 10.2. The summed E-state index contributed by atoms with van der Waals surface area (Å²) in [7, 11) is -3.88. The second-order valence-corrected chi connectivity index (χ2v) is 9.30. The van der Waals surface area contributed by atoms with Gasteiger partial charge in [0.1, 0.15) is 5.01 Å². The van der Waals surface area contributed by atoms with Gasteiger partial charge < -0.3 is 0 Å². The summed E-state index contributed by atoms with van der Waals surface area (Å²) in [5.74, 6) is 0. The molecule has 3 aromatic rings. The average molecular weight is 410 g/mol. The number of hydrogen-bond donors (Lipinski definition) is 1. The molecule has 0 bridgehead atoms. The van der Waals surface area contributed by atoms with Gasteiger partial charge in [0.05, 0.1) is 20.4 Å². The topological polar surface area (TPSA) is 102 Å². The molecule has 0 radical (unpaired) electrons. The summed E-state index contributed by atoms with van der Waals surface area (Å²) in [6.45, 7) is 3.51. The molecular formula is C16H15N3O4S3. The molecular weight excluding hydrogens is 394 g/mol. The second kappa shape index (κ2) is 7.23. The van der Waals surface area contributed by atoms with E-state index in [4.69, 9.17) is 0 Å². The van der Waals surface area contributed by atoms with Gasteiger partial charge in [0.25, 0.3) is 5.69 Å². The lowest BCUT2D eigenvalue weighted by molar-refractivity contribution is -0.385. The number of hydrogen-bond acceptors (Lipinski definition) is 7. The second-order valence-electron chi connectivity index (χ2n) is 5.54. The number of aromatic nitrogens is 1. The Bertz CT molecular complexity index is 1060. The van der Waals surface area contributed by atoms with E-state index in [1.807, 2.05) is 24.4 Å². The van der Waals surface area contributed by atoms with E-state index in [-0.39, 0.29) is 17.1 Å². The number of benzene rings is 1. The van der Waals surface area contributed by atoms with Crippen LogP contribution in [0.1, 0.15) is 16.1 Å². The van der Waals surface area contributed by atoms with Crippen LogP contribution in [-0.4, -0.2) is 18.3 Å². The Morgan fingerprint density at radius 2 is 2.04 bits per heavy atom. The van der Waals surface area contributed by atoms with Crippen molar-refractivity contribution >= 4 is 38.4 Å². The number of non-ortho nitro benzene ring substituents is 1. The van der Waals surface area contributed by atoms with Crippen LogP contribution in [-0.2, 0) is 16.6 Å². The van der Waals surface area contributed by atoms with Gasteiger partial charge >= 0.3 is 0 Å². The van der Waals surface area contributed by atoms with Gasteiger partial charge in [0.2, 0.25) is 10.0 Å². The molecule has 0 amide bonds. The van der Waals surface area contributed by atoms with Gasteiger partial charge in [-0.05, 0) is 30.9 Å². The number of nitro benzene ring substituents is 1. The smallest absolute Gasteiger partial charge is 0.258 e. The molecule has 10 heteroatoms. The van der Waals surface area contributed by atoms with E-state index in [1.165, 1.54) is 23.5 Å². The van der Waals surface area contributed by atoms with Gasteiger partial charge in [0.15, 0.2) is 0 Å². The normalized spacial score (nSPS) is 11.6. The number of nitrogens with zero attached hydrogens (tertiary/aromatic N) is 2. The van der Waals surface area contributed by atoms with E-state index in [2.05, 4.69) is 9.71 Å². The van der Waals surface area contributed by atoms with E-state index in [0.717, 1.165) is 26.5 Å². The maximum absolute atomic E-state index is 12.6. The van der Waals surface area contributed by atoms with E-state index in [9.17, 15) is 18.5 Å². The number of rotatable bonds is 6. The first-order chi connectivity index (χ1) is 12.3. The third kappa shape index (κ3) is 3.83. The Labute approximate surface area is 158 Å². The summed E-state index contributed by atoms with van der Waals surface area (Å²) in [5, 5.41) is 13.7. The molecule has 0 saturated carbocycles. The van der Waals surface area contributed by atoms with E-state index < -0.39 is 14.9 Å². The minimum atomic E-state index is -3.88. The van der Waals surface area contributed by atoms with Crippen molar-refractivity contribution in [3.63, 3.8) is 0 Å². The largest absolute Gasteiger partial charge is 0.270 e. The summed E-state index contributed by atoms with van der Waals surface area (Å²) in [6.07, 6.45) is 0. The van der Waals surface area contributed by atoms with Crippen LogP contribution in [0.15, 0.2) is 40.6 Å². The lowest BCUT2D eigenvalue weighted by Gasteiger charge is -2.08. The molecule has 0 atom stereocenters. The lowest BCUT2D eigenvalue weighted by Crippen LogP contribution is -2.24. The molecule has 7 nitrogen and oxygen atoms in total. The summed E-state index contributed by atoms with van der Waals surface area (Å²) in [4.78, 5) is 16.5. The third-order valence-corrected chi connectivity index (χ3v) is 7.46. The molecule has 3 rings (SSSR count). The van der Waals surface area contributed by atoms with E-state index in [1.54, 1.807) is 18.3 Å². The van der Waals surface area contributed by atoms with Crippen LogP contribution >= 0.6 is 22.7 Å². The summed E-state index contributed by atoms with van der Waals surface area (Å²) in [5.41, 5.74) is 0.949. The molecule has 1 N–H and O–H groups in total. The first-order valence-electron chi connectivity index (χ1n) is 7.53. The fourth-order valence-corrected chi connectivity index (χ4v) is 5.48. The Kier molecular flexibility index (Phi) is 5.19. The van der Waals surface area contributed by atoms with Crippen LogP contribution in [0.2, 0.25) is 0 Å². The minimum Gasteiger partial charge on any atom is -0.258 e. The fourth-order valence-electron chi connectivity index (χ4n) is 2.33. The number of nitro groups is 1. The van der Waals surface area contributed by atoms with Crippen LogP contribution in [0.25, 0.3) is 9.88 Å². The van der Waals surface area contributed by atoms with E-state index in [0.29, 0.717) is 5.56 Å². The molecule has 0 aliphatic carbocycles.